The van der Waals surface area contributed by atoms with Crippen LogP contribution in [0.15, 0.2) is 42.5 Å². The molecule has 0 saturated heterocycles. The first kappa shape index (κ1) is 8.98. The average molecular weight is 164 g/mol. The number of aryl methyl sites for hydroxylation is 1. The molecule has 1 aromatic rings. The molecule has 0 spiro atoms. The summed E-state index contributed by atoms with van der Waals surface area (Å²) >= 11 is 0. The van der Waals surface area contributed by atoms with Crippen molar-refractivity contribution < 1.29 is 4.39 Å². The van der Waals surface area contributed by atoms with E-state index in [2.05, 4.69) is 6.58 Å². The molecule has 1 rings (SSSR count). The van der Waals surface area contributed by atoms with E-state index in [0.29, 0.717) is 5.57 Å². The molecule has 0 fully saturated rings. The Balaban J connectivity index is 2.38. The number of allylic oxidation sites excluding steroid dienone is 1. The van der Waals surface area contributed by atoms with Gasteiger partial charge in [0.15, 0.2) is 0 Å². The lowest BCUT2D eigenvalue weighted by molar-refractivity contribution is 0.532. The van der Waals surface area contributed by atoms with Crippen LogP contribution in [0.5, 0.6) is 0 Å². The molecule has 64 valence electrons. The fourth-order valence-electron chi connectivity index (χ4n) is 1.03. The molecule has 0 aromatic heterocycles. The van der Waals surface area contributed by atoms with Gasteiger partial charge in [-0.25, -0.2) is 4.39 Å². The lowest BCUT2D eigenvalue weighted by Crippen LogP contribution is -1.88. The van der Waals surface area contributed by atoms with Crippen LogP contribution in [0.25, 0.3) is 0 Å². The highest BCUT2D eigenvalue weighted by atomic mass is 19.1. The highest BCUT2D eigenvalue weighted by Crippen LogP contribution is 2.07. The summed E-state index contributed by atoms with van der Waals surface area (Å²) in [4.78, 5) is 0. The van der Waals surface area contributed by atoms with Gasteiger partial charge in [0, 0.05) is 0 Å². The number of hydrogen-bond donors (Lipinski definition) is 0. The molecule has 0 amide bonds. The van der Waals surface area contributed by atoms with E-state index in [1.807, 2.05) is 30.3 Å². The first-order chi connectivity index (χ1) is 5.83. The van der Waals surface area contributed by atoms with E-state index in [9.17, 15) is 4.39 Å². The summed E-state index contributed by atoms with van der Waals surface area (Å²) in [7, 11) is 0. The van der Waals surface area contributed by atoms with Crippen molar-refractivity contribution in [3.05, 3.63) is 48.0 Å². The van der Waals surface area contributed by atoms with Gasteiger partial charge in [-0.2, -0.15) is 0 Å². The molecular formula is C11H13F. The summed E-state index contributed by atoms with van der Waals surface area (Å²) in [6, 6.07) is 10.1. The third-order valence-electron chi connectivity index (χ3n) is 1.80. The van der Waals surface area contributed by atoms with Crippen molar-refractivity contribution >= 4 is 0 Å². The number of benzene rings is 1. The second-order valence-electron chi connectivity index (χ2n) is 2.87. The highest BCUT2D eigenvalue weighted by Gasteiger charge is 1.94. The molecule has 0 aliphatic heterocycles. The van der Waals surface area contributed by atoms with Gasteiger partial charge >= 0.3 is 0 Å². The van der Waals surface area contributed by atoms with Gasteiger partial charge in [-0.15, -0.1) is 0 Å². The summed E-state index contributed by atoms with van der Waals surface area (Å²) in [5.74, 6) is 0. The predicted octanol–water partition coefficient (Wildman–Crippen LogP) is 3.14. The number of rotatable bonds is 4. The van der Waals surface area contributed by atoms with E-state index in [4.69, 9.17) is 0 Å². The maximum atomic E-state index is 12.0. The lowest BCUT2D eigenvalue weighted by atomic mass is 10.1. The van der Waals surface area contributed by atoms with Gasteiger partial charge in [-0.1, -0.05) is 36.9 Å². The van der Waals surface area contributed by atoms with Gasteiger partial charge in [0.25, 0.3) is 0 Å². The van der Waals surface area contributed by atoms with Crippen molar-refractivity contribution in [1.82, 2.24) is 0 Å². The Kier molecular flexibility index (Phi) is 3.52. The fourth-order valence-corrected chi connectivity index (χ4v) is 1.03. The molecule has 0 N–H and O–H groups in total. The molecule has 0 nitrogen and oxygen atoms in total. The van der Waals surface area contributed by atoms with Gasteiger partial charge in [-0.3, -0.25) is 0 Å². The van der Waals surface area contributed by atoms with Gasteiger partial charge in [0.05, 0.1) is 0 Å². The zero-order valence-electron chi connectivity index (χ0n) is 7.09. The minimum absolute atomic E-state index is 0.396. The Morgan fingerprint density at radius 1 is 1.25 bits per heavy atom. The smallest absolute Gasteiger partial charge is 0.110 e. The molecule has 0 atom stereocenters. The monoisotopic (exact) mass is 164 g/mol. The molecule has 0 unspecified atom stereocenters. The second kappa shape index (κ2) is 4.70. The normalized spacial score (nSPS) is 9.75. The summed E-state index contributed by atoms with van der Waals surface area (Å²) < 4.78 is 12.0. The van der Waals surface area contributed by atoms with E-state index >= 15 is 0 Å². The van der Waals surface area contributed by atoms with Crippen LogP contribution in [-0.2, 0) is 6.42 Å². The predicted molar refractivity (Wildman–Crippen MR) is 49.9 cm³/mol. The van der Waals surface area contributed by atoms with Crippen LogP contribution in [0.4, 0.5) is 4.39 Å². The Labute approximate surface area is 72.7 Å². The topological polar surface area (TPSA) is 0 Å². The van der Waals surface area contributed by atoms with Crippen LogP contribution in [0.1, 0.15) is 12.0 Å². The standard InChI is InChI=1S/C11H13F/c1-10(9-12)7-8-11-5-3-2-4-6-11/h2-6H,1,7-9H2. The largest absolute Gasteiger partial charge is 0.246 e. The first-order valence-corrected chi connectivity index (χ1v) is 4.09. The summed E-state index contributed by atoms with van der Waals surface area (Å²) in [5, 5.41) is 0. The van der Waals surface area contributed by atoms with Gasteiger partial charge < -0.3 is 0 Å². The minimum atomic E-state index is -0.396. The zero-order chi connectivity index (χ0) is 8.81. The molecule has 0 heterocycles. The molecular weight excluding hydrogens is 151 g/mol. The molecule has 0 aliphatic rings. The fraction of sp³-hybridized carbons (Fsp3) is 0.273. The van der Waals surface area contributed by atoms with Crippen molar-refractivity contribution in [3.8, 4) is 0 Å². The van der Waals surface area contributed by atoms with Gasteiger partial charge in [0.2, 0.25) is 0 Å². The van der Waals surface area contributed by atoms with Crippen LogP contribution in [0, 0.1) is 0 Å². The van der Waals surface area contributed by atoms with Crippen LogP contribution in [0.2, 0.25) is 0 Å². The molecule has 12 heavy (non-hydrogen) atoms. The van der Waals surface area contributed by atoms with E-state index < -0.39 is 6.67 Å². The van der Waals surface area contributed by atoms with Crippen LogP contribution in [-0.4, -0.2) is 6.67 Å². The molecule has 0 aliphatic carbocycles. The Bertz CT molecular complexity index is 238. The zero-order valence-corrected chi connectivity index (χ0v) is 7.09. The van der Waals surface area contributed by atoms with Crippen molar-refractivity contribution in [2.24, 2.45) is 0 Å². The maximum Gasteiger partial charge on any atom is 0.110 e. The van der Waals surface area contributed by atoms with E-state index in [1.54, 1.807) is 0 Å². The molecule has 0 saturated carbocycles. The SMILES string of the molecule is C=C(CF)CCc1ccccc1. The number of alkyl halides is 1. The first-order valence-electron chi connectivity index (χ1n) is 4.09. The van der Waals surface area contributed by atoms with Crippen LogP contribution in [0.3, 0.4) is 0 Å². The maximum absolute atomic E-state index is 12.0. The van der Waals surface area contributed by atoms with E-state index in [0.717, 1.165) is 12.8 Å². The van der Waals surface area contributed by atoms with E-state index in [-0.39, 0.29) is 0 Å². The van der Waals surface area contributed by atoms with Gasteiger partial charge in [-0.05, 0) is 24.0 Å². The van der Waals surface area contributed by atoms with Crippen LogP contribution >= 0.6 is 0 Å². The van der Waals surface area contributed by atoms with Crippen molar-refractivity contribution in [1.29, 1.82) is 0 Å². The summed E-state index contributed by atoms with van der Waals surface area (Å²) in [5.41, 5.74) is 1.92. The van der Waals surface area contributed by atoms with Crippen molar-refractivity contribution in [3.63, 3.8) is 0 Å². The van der Waals surface area contributed by atoms with Crippen LogP contribution < -0.4 is 0 Å². The molecule has 0 radical (unpaired) electrons. The Morgan fingerprint density at radius 3 is 2.50 bits per heavy atom. The number of halogens is 1. The summed E-state index contributed by atoms with van der Waals surface area (Å²) in [6.07, 6.45) is 1.64. The highest BCUT2D eigenvalue weighted by molar-refractivity contribution is 5.16. The lowest BCUT2D eigenvalue weighted by Gasteiger charge is -2.00. The third-order valence-corrected chi connectivity index (χ3v) is 1.80. The minimum Gasteiger partial charge on any atom is -0.246 e. The molecule has 1 heteroatoms. The Morgan fingerprint density at radius 2 is 1.92 bits per heavy atom. The number of hydrogen-bond acceptors (Lipinski definition) is 0. The van der Waals surface area contributed by atoms with Crippen molar-refractivity contribution in [2.45, 2.75) is 12.8 Å². The molecule has 0 bridgehead atoms. The molecule has 1 aromatic carbocycles. The van der Waals surface area contributed by atoms with E-state index in [1.165, 1.54) is 5.56 Å². The summed E-state index contributed by atoms with van der Waals surface area (Å²) in [6.45, 7) is 3.22. The quantitative estimate of drug-likeness (QED) is 0.600. The Hall–Kier alpha value is -1.11. The van der Waals surface area contributed by atoms with Gasteiger partial charge in [0.1, 0.15) is 6.67 Å². The third kappa shape index (κ3) is 2.87. The average Bonchev–Trinajstić information content (AvgIpc) is 2.16. The second-order valence-corrected chi connectivity index (χ2v) is 2.87. The van der Waals surface area contributed by atoms with Crippen molar-refractivity contribution in [2.75, 3.05) is 6.67 Å².